The number of hydrogen-bond acceptors (Lipinski definition) is 6. The maximum absolute atomic E-state index is 13.3. The highest BCUT2D eigenvalue weighted by atomic mass is 19.4. The number of hydrogen-bond donors (Lipinski definition) is 2. The van der Waals surface area contributed by atoms with Gasteiger partial charge in [-0.15, -0.1) is 0 Å². The average Bonchev–Trinajstić information content (AvgIpc) is 3.43. The van der Waals surface area contributed by atoms with E-state index >= 15 is 0 Å². The summed E-state index contributed by atoms with van der Waals surface area (Å²) in [4.78, 5) is 19.5. The van der Waals surface area contributed by atoms with E-state index in [1.807, 2.05) is 17.0 Å². The highest BCUT2D eigenvalue weighted by Gasteiger charge is 2.42. The van der Waals surface area contributed by atoms with Gasteiger partial charge in [0.15, 0.2) is 5.65 Å². The third kappa shape index (κ3) is 4.47. The molecule has 2 aliphatic heterocycles. The minimum Gasteiger partial charge on any atom is -0.484 e. The number of ether oxygens (including phenoxy) is 1. The van der Waals surface area contributed by atoms with Crippen LogP contribution in [0.15, 0.2) is 36.8 Å². The highest BCUT2D eigenvalue weighted by molar-refractivity contribution is 6.09. The molecule has 0 spiro atoms. The number of amides is 1. The van der Waals surface area contributed by atoms with Crippen LogP contribution in [0.3, 0.4) is 0 Å². The maximum Gasteiger partial charge on any atom is 0.391 e. The molecule has 36 heavy (non-hydrogen) atoms. The van der Waals surface area contributed by atoms with Gasteiger partial charge in [-0.25, -0.2) is 9.50 Å². The van der Waals surface area contributed by atoms with Gasteiger partial charge < -0.3 is 20.1 Å². The number of aromatic nitrogens is 3. The Balaban J connectivity index is 1.44. The van der Waals surface area contributed by atoms with E-state index in [0.717, 1.165) is 5.56 Å². The summed E-state index contributed by atoms with van der Waals surface area (Å²) in [5.41, 5.74) is 1.98. The van der Waals surface area contributed by atoms with Crippen molar-refractivity contribution in [1.29, 1.82) is 0 Å². The van der Waals surface area contributed by atoms with E-state index in [0.29, 0.717) is 60.7 Å². The highest BCUT2D eigenvalue weighted by Crippen LogP contribution is 2.44. The molecule has 2 N–H and O–H groups in total. The molecule has 1 saturated heterocycles. The number of carbonyl (C=O) groups is 1. The van der Waals surface area contributed by atoms with E-state index in [1.54, 1.807) is 25.4 Å². The van der Waals surface area contributed by atoms with E-state index < -0.39 is 29.5 Å². The van der Waals surface area contributed by atoms with Crippen molar-refractivity contribution in [3.8, 4) is 5.75 Å². The lowest BCUT2D eigenvalue weighted by Gasteiger charge is -2.37. The molecule has 1 fully saturated rings. The second-order valence-electron chi connectivity index (χ2n) is 9.92. The molecule has 1 amide bonds. The molecule has 192 valence electrons. The van der Waals surface area contributed by atoms with Gasteiger partial charge in [-0.1, -0.05) is 6.92 Å². The van der Waals surface area contributed by atoms with Crippen molar-refractivity contribution in [1.82, 2.24) is 14.6 Å². The molecule has 5 rings (SSSR count). The summed E-state index contributed by atoms with van der Waals surface area (Å²) < 4.78 is 47.3. The van der Waals surface area contributed by atoms with Crippen LogP contribution in [0.1, 0.15) is 42.6 Å². The van der Waals surface area contributed by atoms with Crippen LogP contribution >= 0.6 is 0 Å². The number of nitrogens with one attached hydrogen (secondary N) is 1. The van der Waals surface area contributed by atoms with E-state index in [9.17, 15) is 23.1 Å². The van der Waals surface area contributed by atoms with Crippen molar-refractivity contribution in [3.05, 3.63) is 47.9 Å². The number of aliphatic hydroxyl groups excluding tert-OH is 1. The predicted molar refractivity (Wildman–Crippen MR) is 127 cm³/mol. The maximum atomic E-state index is 13.3. The van der Waals surface area contributed by atoms with Gasteiger partial charge in [0, 0.05) is 43.5 Å². The average molecular weight is 504 g/mol. The lowest BCUT2D eigenvalue weighted by Crippen LogP contribution is -2.39. The summed E-state index contributed by atoms with van der Waals surface area (Å²) in [5.74, 6) is -1.61. The SMILES string of the molecule is CC(C1CCN(c2cc3c(cc2NC(=O)c2cnn4cccnc24)C[C@](C)(CO)O3)CC1)C(F)(F)F. The van der Waals surface area contributed by atoms with Crippen LogP contribution in [-0.4, -0.2) is 57.1 Å². The quantitative estimate of drug-likeness (QED) is 0.545. The second kappa shape index (κ2) is 8.95. The standard InChI is InChI=1S/C25H28F3N5O3/c1-15(25(26,27)28)16-4-8-32(9-5-16)20-11-21-17(12-24(2,14-34)36-21)10-19(20)31-23(35)18-13-30-33-7-3-6-29-22(18)33/h3,6-7,10-11,13,15-16,34H,4-5,8-9,12,14H2,1-2H3,(H,31,35)/t15?,24-/m1/s1. The number of anilines is 2. The van der Waals surface area contributed by atoms with Gasteiger partial charge in [0.05, 0.1) is 30.1 Å². The minimum absolute atomic E-state index is 0.173. The number of piperidine rings is 1. The second-order valence-corrected chi connectivity index (χ2v) is 9.92. The van der Waals surface area contributed by atoms with E-state index in [1.165, 1.54) is 17.6 Å². The first-order valence-electron chi connectivity index (χ1n) is 12.0. The van der Waals surface area contributed by atoms with Crippen LogP contribution in [0.5, 0.6) is 5.75 Å². The zero-order chi connectivity index (χ0) is 25.7. The Morgan fingerprint density at radius 1 is 1.33 bits per heavy atom. The number of aliphatic hydroxyl groups is 1. The minimum atomic E-state index is -4.22. The molecular formula is C25H28F3N5O3. The zero-order valence-electron chi connectivity index (χ0n) is 20.0. The van der Waals surface area contributed by atoms with Gasteiger partial charge in [-0.2, -0.15) is 18.3 Å². The first-order chi connectivity index (χ1) is 17.1. The fourth-order valence-corrected chi connectivity index (χ4v) is 5.09. The van der Waals surface area contributed by atoms with Crippen LogP contribution in [-0.2, 0) is 6.42 Å². The van der Waals surface area contributed by atoms with Crippen molar-refractivity contribution < 1.29 is 27.8 Å². The molecular weight excluding hydrogens is 475 g/mol. The van der Waals surface area contributed by atoms with Gasteiger partial charge >= 0.3 is 6.18 Å². The van der Waals surface area contributed by atoms with Gasteiger partial charge in [-0.05, 0) is 37.8 Å². The van der Waals surface area contributed by atoms with E-state index in [2.05, 4.69) is 15.4 Å². The number of alkyl halides is 3. The molecule has 8 nitrogen and oxygen atoms in total. The number of halogens is 3. The molecule has 0 aliphatic carbocycles. The summed E-state index contributed by atoms with van der Waals surface area (Å²) in [6, 6.07) is 5.35. The summed E-state index contributed by atoms with van der Waals surface area (Å²) in [6.45, 7) is 3.72. The van der Waals surface area contributed by atoms with Crippen LogP contribution in [0.2, 0.25) is 0 Å². The van der Waals surface area contributed by atoms with Crippen LogP contribution in [0.4, 0.5) is 24.5 Å². The monoisotopic (exact) mass is 503 g/mol. The molecule has 0 bridgehead atoms. The van der Waals surface area contributed by atoms with Crippen LogP contribution in [0, 0.1) is 11.8 Å². The fourth-order valence-electron chi connectivity index (χ4n) is 5.09. The smallest absolute Gasteiger partial charge is 0.391 e. The molecule has 1 unspecified atom stereocenters. The van der Waals surface area contributed by atoms with Crippen LogP contribution in [0.25, 0.3) is 5.65 Å². The Bertz CT molecular complexity index is 1290. The van der Waals surface area contributed by atoms with Crippen LogP contribution < -0.4 is 15.0 Å². The van der Waals surface area contributed by atoms with Gasteiger partial charge in [-0.3, -0.25) is 4.79 Å². The topological polar surface area (TPSA) is 92.0 Å². The molecule has 2 atom stereocenters. The molecule has 0 saturated carbocycles. The number of nitrogens with zero attached hydrogens (tertiary/aromatic N) is 4. The third-order valence-corrected chi connectivity index (χ3v) is 7.31. The Labute approximate surface area is 206 Å². The summed E-state index contributed by atoms with van der Waals surface area (Å²) in [6.07, 6.45) is 1.74. The van der Waals surface area contributed by atoms with E-state index in [4.69, 9.17) is 4.74 Å². The zero-order valence-corrected chi connectivity index (χ0v) is 20.0. The van der Waals surface area contributed by atoms with Crippen molar-refractivity contribution in [2.75, 3.05) is 29.9 Å². The van der Waals surface area contributed by atoms with E-state index in [-0.39, 0.29) is 6.61 Å². The number of carbonyl (C=O) groups excluding carboxylic acids is 1. The lowest BCUT2D eigenvalue weighted by molar-refractivity contribution is -0.185. The number of rotatable bonds is 5. The first-order valence-corrected chi connectivity index (χ1v) is 12.0. The Hall–Kier alpha value is -3.34. The van der Waals surface area contributed by atoms with Crippen molar-refractivity contribution in [2.45, 2.75) is 44.9 Å². The molecule has 1 aromatic carbocycles. The molecule has 0 radical (unpaired) electrons. The molecule has 3 aromatic rings. The van der Waals surface area contributed by atoms with Gasteiger partial charge in [0.1, 0.15) is 16.9 Å². The summed E-state index contributed by atoms with van der Waals surface area (Å²) in [5, 5.41) is 16.9. The predicted octanol–water partition coefficient (Wildman–Crippen LogP) is 4.08. The molecule has 2 aromatic heterocycles. The van der Waals surface area contributed by atoms with Crippen molar-refractivity contribution in [3.63, 3.8) is 0 Å². The Kier molecular flexibility index (Phi) is 6.06. The first kappa shape index (κ1) is 24.4. The molecule has 11 heteroatoms. The lowest BCUT2D eigenvalue weighted by atomic mass is 9.85. The Morgan fingerprint density at radius 3 is 2.78 bits per heavy atom. The molecule has 2 aliphatic rings. The van der Waals surface area contributed by atoms with Crippen molar-refractivity contribution >= 4 is 22.9 Å². The third-order valence-electron chi connectivity index (χ3n) is 7.31. The summed E-state index contributed by atoms with van der Waals surface area (Å²) >= 11 is 0. The largest absolute Gasteiger partial charge is 0.484 e. The van der Waals surface area contributed by atoms with Crippen molar-refractivity contribution in [2.24, 2.45) is 11.8 Å². The fraction of sp³-hybridized carbons (Fsp3) is 0.480. The number of fused-ring (bicyclic) bond motifs is 2. The number of benzene rings is 1. The normalized spacial score (nSPS) is 21.3. The Morgan fingerprint density at radius 2 is 2.08 bits per heavy atom. The van der Waals surface area contributed by atoms with Gasteiger partial charge in [0.25, 0.3) is 5.91 Å². The summed E-state index contributed by atoms with van der Waals surface area (Å²) in [7, 11) is 0. The van der Waals surface area contributed by atoms with Gasteiger partial charge in [0.2, 0.25) is 0 Å². The molecule has 4 heterocycles.